The number of fused-ring (bicyclic) bond motifs is 1. The van der Waals surface area contributed by atoms with Crippen molar-refractivity contribution in [1.29, 1.82) is 0 Å². The van der Waals surface area contributed by atoms with E-state index in [2.05, 4.69) is 37.0 Å². The predicted octanol–water partition coefficient (Wildman–Crippen LogP) is 4.16. The van der Waals surface area contributed by atoms with Crippen LogP contribution in [0.5, 0.6) is 0 Å². The summed E-state index contributed by atoms with van der Waals surface area (Å²) in [6, 6.07) is 14.0. The minimum Gasteiger partial charge on any atom is -0.336 e. The molecule has 1 aromatic heterocycles. The summed E-state index contributed by atoms with van der Waals surface area (Å²) >= 11 is 0. The molecular weight excluding hydrogens is 362 g/mol. The molecule has 1 atom stereocenters. The molecule has 5 heteroatoms. The Kier molecular flexibility index (Phi) is 5.47. The molecule has 4 rings (SSSR count). The first-order valence-electron chi connectivity index (χ1n) is 10.4. The van der Waals surface area contributed by atoms with Crippen LogP contribution in [0.3, 0.4) is 0 Å². The van der Waals surface area contributed by atoms with Gasteiger partial charge in [-0.1, -0.05) is 30.3 Å². The molecule has 1 saturated heterocycles. The first-order chi connectivity index (χ1) is 14.0. The number of aromatic nitrogens is 2. The zero-order chi connectivity index (χ0) is 20.4. The maximum absolute atomic E-state index is 12.9. The van der Waals surface area contributed by atoms with E-state index in [0.29, 0.717) is 30.3 Å². The topological polar surface area (TPSA) is 55.2 Å². The van der Waals surface area contributed by atoms with Crippen LogP contribution in [0.2, 0.25) is 0 Å². The normalized spacial score (nSPS) is 16.5. The van der Waals surface area contributed by atoms with Crippen molar-refractivity contribution in [2.75, 3.05) is 6.54 Å². The van der Waals surface area contributed by atoms with Crippen LogP contribution in [0.15, 0.2) is 53.6 Å². The second-order valence-corrected chi connectivity index (χ2v) is 7.95. The maximum Gasteiger partial charge on any atom is 0.261 e. The number of benzene rings is 2. The van der Waals surface area contributed by atoms with E-state index in [9.17, 15) is 9.59 Å². The number of aryl methyl sites for hydroxylation is 3. The van der Waals surface area contributed by atoms with Crippen molar-refractivity contribution in [3.63, 3.8) is 0 Å². The van der Waals surface area contributed by atoms with Crippen LogP contribution >= 0.6 is 0 Å². The average Bonchev–Trinajstić information content (AvgIpc) is 3.22. The number of carbonyl (C=O) groups is 1. The largest absolute Gasteiger partial charge is 0.336 e. The molecule has 0 saturated carbocycles. The molecule has 0 radical (unpaired) electrons. The molecule has 1 fully saturated rings. The Labute approximate surface area is 171 Å². The Balaban J connectivity index is 1.41. The Morgan fingerprint density at radius 1 is 1.14 bits per heavy atom. The molecule has 1 amide bonds. The number of nitrogens with zero attached hydrogens (tertiary/aromatic N) is 3. The van der Waals surface area contributed by atoms with Gasteiger partial charge in [-0.2, -0.15) is 0 Å². The quantitative estimate of drug-likeness (QED) is 0.658. The van der Waals surface area contributed by atoms with Crippen LogP contribution in [-0.2, 0) is 11.3 Å². The number of rotatable bonds is 5. The van der Waals surface area contributed by atoms with Crippen LogP contribution in [0.4, 0.5) is 0 Å². The summed E-state index contributed by atoms with van der Waals surface area (Å²) in [6.07, 6.45) is 4.72. The predicted molar refractivity (Wildman–Crippen MR) is 115 cm³/mol. The highest BCUT2D eigenvalue weighted by Gasteiger charge is 2.29. The van der Waals surface area contributed by atoms with Gasteiger partial charge in [0.2, 0.25) is 5.91 Å². The van der Waals surface area contributed by atoms with Crippen LogP contribution in [0.1, 0.15) is 48.4 Å². The first-order valence-corrected chi connectivity index (χ1v) is 10.4. The van der Waals surface area contributed by atoms with Gasteiger partial charge < -0.3 is 4.90 Å². The summed E-state index contributed by atoms with van der Waals surface area (Å²) in [5, 5.41) is 0.621. The number of amides is 1. The van der Waals surface area contributed by atoms with Gasteiger partial charge in [0.25, 0.3) is 5.56 Å². The number of carbonyl (C=O) groups excluding carboxylic acids is 1. The summed E-state index contributed by atoms with van der Waals surface area (Å²) in [4.78, 5) is 31.8. The fourth-order valence-electron chi connectivity index (χ4n) is 4.19. The zero-order valence-electron chi connectivity index (χ0n) is 17.1. The number of hydrogen-bond donors (Lipinski definition) is 0. The van der Waals surface area contributed by atoms with E-state index >= 15 is 0 Å². The standard InChI is InChI=1S/C24H27N3O2/c1-17-11-12-19(15-18(17)2)22-9-5-14-27(22)23(28)10-6-13-26-16-25-21-8-4-3-7-20(21)24(26)29/h3-4,7-8,11-12,15-16,22H,5-6,9-10,13-14H2,1-2H3. The zero-order valence-corrected chi connectivity index (χ0v) is 17.1. The highest BCUT2D eigenvalue weighted by molar-refractivity contribution is 5.77. The minimum atomic E-state index is -0.0442. The molecule has 2 heterocycles. The minimum absolute atomic E-state index is 0.0442. The molecule has 0 spiro atoms. The highest BCUT2D eigenvalue weighted by atomic mass is 16.2. The van der Waals surface area contributed by atoms with Gasteiger partial charge in [0, 0.05) is 19.5 Å². The Morgan fingerprint density at radius 3 is 2.79 bits per heavy atom. The monoisotopic (exact) mass is 389 g/mol. The lowest BCUT2D eigenvalue weighted by Crippen LogP contribution is -2.31. The van der Waals surface area contributed by atoms with Crippen LogP contribution in [0, 0.1) is 13.8 Å². The van der Waals surface area contributed by atoms with Gasteiger partial charge in [-0.25, -0.2) is 4.98 Å². The van der Waals surface area contributed by atoms with Gasteiger partial charge in [-0.15, -0.1) is 0 Å². The molecule has 1 aliphatic rings. The van der Waals surface area contributed by atoms with E-state index in [1.807, 2.05) is 23.1 Å². The van der Waals surface area contributed by atoms with Crippen LogP contribution < -0.4 is 5.56 Å². The fourth-order valence-corrected chi connectivity index (χ4v) is 4.19. The van der Waals surface area contributed by atoms with Crippen molar-refractivity contribution in [2.24, 2.45) is 0 Å². The van der Waals surface area contributed by atoms with Crippen molar-refractivity contribution in [3.8, 4) is 0 Å². The highest BCUT2D eigenvalue weighted by Crippen LogP contribution is 2.33. The number of para-hydroxylation sites is 1. The lowest BCUT2D eigenvalue weighted by Gasteiger charge is -2.26. The van der Waals surface area contributed by atoms with E-state index in [1.54, 1.807) is 17.0 Å². The maximum atomic E-state index is 12.9. The summed E-state index contributed by atoms with van der Waals surface area (Å²) < 4.78 is 1.61. The van der Waals surface area contributed by atoms with Gasteiger partial charge in [-0.3, -0.25) is 14.2 Å². The van der Waals surface area contributed by atoms with Crippen molar-refractivity contribution in [3.05, 3.63) is 75.8 Å². The molecule has 3 aromatic rings. The van der Waals surface area contributed by atoms with Gasteiger partial charge >= 0.3 is 0 Å². The average molecular weight is 389 g/mol. The second-order valence-electron chi connectivity index (χ2n) is 7.95. The van der Waals surface area contributed by atoms with E-state index in [1.165, 1.54) is 16.7 Å². The number of likely N-dealkylation sites (tertiary alicyclic amines) is 1. The molecule has 0 N–H and O–H groups in total. The molecular formula is C24H27N3O2. The fraction of sp³-hybridized carbons (Fsp3) is 0.375. The molecule has 1 unspecified atom stereocenters. The number of hydrogen-bond acceptors (Lipinski definition) is 3. The third-order valence-corrected chi connectivity index (χ3v) is 6.01. The second kappa shape index (κ2) is 8.19. The SMILES string of the molecule is Cc1ccc(C2CCCN2C(=O)CCCn2cnc3ccccc3c2=O)cc1C. The Bertz CT molecular complexity index is 1100. The lowest BCUT2D eigenvalue weighted by molar-refractivity contribution is -0.132. The van der Waals surface area contributed by atoms with E-state index in [4.69, 9.17) is 0 Å². The molecule has 5 nitrogen and oxygen atoms in total. The first kappa shape index (κ1) is 19.4. The van der Waals surface area contributed by atoms with Crippen LogP contribution in [0.25, 0.3) is 10.9 Å². The van der Waals surface area contributed by atoms with Crippen molar-refractivity contribution < 1.29 is 4.79 Å². The van der Waals surface area contributed by atoms with Gasteiger partial charge in [0.15, 0.2) is 0 Å². The van der Waals surface area contributed by atoms with Crippen molar-refractivity contribution in [2.45, 2.75) is 52.1 Å². The molecule has 1 aliphatic heterocycles. The summed E-state index contributed by atoms with van der Waals surface area (Å²) in [5.41, 5.74) is 4.44. The Morgan fingerprint density at radius 2 is 1.97 bits per heavy atom. The van der Waals surface area contributed by atoms with Gasteiger partial charge in [-0.05, 0) is 61.9 Å². The van der Waals surface area contributed by atoms with Crippen molar-refractivity contribution >= 4 is 16.8 Å². The smallest absolute Gasteiger partial charge is 0.261 e. The third-order valence-electron chi connectivity index (χ3n) is 6.01. The summed E-state index contributed by atoms with van der Waals surface area (Å²) in [6.45, 7) is 5.55. The van der Waals surface area contributed by atoms with Crippen molar-refractivity contribution in [1.82, 2.24) is 14.5 Å². The van der Waals surface area contributed by atoms with E-state index < -0.39 is 0 Å². The Hall–Kier alpha value is -2.95. The van der Waals surface area contributed by atoms with Gasteiger partial charge in [0.05, 0.1) is 23.3 Å². The van der Waals surface area contributed by atoms with Gasteiger partial charge in [0.1, 0.15) is 0 Å². The third kappa shape index (κ3) is 3.95. The van der Waals surface area contributed by atoms with Crippen LogP contribution in [-0.4, -0.2) is 26.9 Å². The molecule has 0 bridgehead atoms. The summed E-state index contributed by atoms with van der Waals surface area (Å²) in [7, 11) is 0. The summed E-state index contributed by atoms with van der Waals surface area (Å²) in [5.74, 6) is 0.174. The molecule has 2 aromatic carbocycles. The molecule has 150 valence electrons. The van der Waals surface area contributed by atoms with E-state index in [-0.39, 0.29) is 17.5 Å². The lowest BCUT2D eigenvalue weighted by atomic mass is 9.99. The molecule has 0 aliphatic carbocycles. The molecule has 29 heavy (non-hydrogen) atoms. The van der Waals surface area contributed by atoms with E-state index in [0.717, 1.165) is 19.4 Å².